The molecule has 2 aromatic rings. The molecule has 0 bridgehead atoms. The van der Waals surface area contributed by atoms with Crippen molar-refractivity contribution in [1.29, 1.82) is 0 Å². The highest BCUT2D eigenvalue weighted by Gasteiger charge is 2.16. The summed E-state index contributed by atoms with van der Waals surface area (Å²) >= 11 is 0. The summed E-state index contributed by atoms with van der Waals surface area (Å²) in [6.45, 7) is 1.37. The second kappa shape index (κ2) is 7.91. The Bertz CT molecular complexity index is 893. The van der Waals surface area contributed by atoms with E-state index in [9.17, 15) is 18.0 Å². The molecule has 7 nitrogen and oxygen atoms in total. The number of hydrogen-bond donors (Lipinski definition) is 2. The van der Waals surface area contributed by atoms with Gasteiger partial charge in [-0.3, -0.25) is 4.79 Å². The molecule has 0 aromatic heterocycles. The molecule has 2 aromatic carbocycles. The number of aryl methyl sites for hydroxylation is 1. The largest absolute Gasteiger partial charge is 0.452 e. The molecule has 0 atom stereocenters. The van der Waals surface area contributed by atoms with E-state index in [4.69, 9.17) is 4.74 Å². The van der Waals surface area contributed by atoms with Crippen LogP contribution in [0.5, 0.6) is 0 Å². The lowest BCUT2D eigenvalue weighted by molar-refractivity contribution is -0.119. The number of sulfonamides is 1. The fraction of sp³-hybridized carbons (Fsp3) is 0.176. The maximum Gasteiger partial charge on any atom is 0.338 e. The van der Waals surface area contributed by atoms with Crippen molar-refractivity contribution in [2.75, 3.05) is 19.0 Å². The predicted octanol–water partition coefficient (Wildman–Crippen LogP) is 1.70. The van der Waals surface area contributed by atoms with Gasteiger partial charge in [0.1, 0.15) is 0 Å². The monoisotopic (exact) mass is 362 g/mol. The second-order valence-corrected chi connectivity index (χ2v) is 7.06. The van der Waals surface area contributed by atoms with Gasteiger partial charge in [-0.15, -0.1) is 0 Å². The van der Waals surface area contributed by atoms with Gasteiger partial charge in [0, 0.05) is 5.69 Å². The average Bonchev–Trinajstić information content (AvgIpc) is 2.61. The Morgan fingerprint density at radius 1 is 1.08 bits per heavy atom. The number of nitrogens with one attached hydrogen (secondary N) is 2. The van der Waals surface area contributed by atoms with E-state index in [1.165, 1.54) is 31.3 Å². The number of carbonyl (C=O) groups excluding carboxylic acids is 2. The van der Waals surface area contributed by atoms with Crippen molar-refractivity contribution >= 4 is 27.6 Å². The van der Waals surface area contributed by atoms with Crippen LogP contribution in [0.4, 0.5) is 5.69 Å². The van der Waals surface area contributed by atoms with Crippen LogP contribution < -0.4 is 10.0 Å². The zero-order valence-electron chi connectivity index (χ0n) is 13.8. The molecule has 0 radical (unpaired) electrons. The molecular formula is C17H18N2O5S. The quantitative estimate of drug-likeness (QED) is 0.762. The fourth-order valence-electron chi connectivity index (χ4n) is 2.02. The second-order valence-electron chi connectivity index (χ2n) is 5.17. The molecule has 2 rings (SSSR count). The third kappa shape index (κ3) is 4.88. The zero-order chi connectivity index (χ0) is 18.4. The first kappa shape index (κ1) is 18.6. The van der Waals surface area contributed by atoms with Crippen LogP contribution in [0.3, 0.4) is 0 Å². The van der Waals surface area contributed by atoms with Gasteiger partial charge >= 0.3 is 5.97 Å². The SMILES string of the molecule is CNS(=O)(=O)c1cccc(C(=O)OCC(=O)Nc2ccccc2C)c1. The molecule has 0 fully saturated rings. The standard InChI is InChI=1S/C17H18N2O5S/c1-12-6-3-4-9-15(12)19-16(20)11-24-17(21)13-7-5-8-14(10-13)25(22,23)18-2/h3-10,18H,11H2,1-2H3,(H,19,20). The van der Waals surface area contributed by atoms with Crippen molar-refractivity contribution in [2.24, 2.45) is 0 Å². The maximum atomic E-state index is 12.0. The third-order valence-corrected chi connectivity index (χ3v) is 4.81. The minimum atomic E-state index is -3.67. The van der Waals surface area contributed by atoms with Crippen LogP contribution in [0.2, 0.25) is 0 Å². The van der Waals surface area contributed by atoms with E-state index in [2.05, 4.69) is 10.0 Å². The van der Waals surface area contributed by atoms with Crippen molar-refractivity contribution in [3.8, 4) is 0 Å². The van der Waals surface area contributed by atoms with E-state index in [1.807, 2.05) is 19.1 Å². The maximum absolute atomic E-state index is 12.0. The first-order valence-electron chi connectivity index (χ1n) is 7.39. The van der Waals surface area contributed by atoms with Crippen LogP contribution in [-0.4, -0.2) is 33.9 Å². The molecule has 0 aliphatic heterocycles. The van der Waals surface area contributed by atoms with Gasteiger partial charge in [0.15, 0.2) is 6.61 Å². The molecule has 0 saturated carbocycles. The lowest BCUT2D eigenvalue weighted by atomic mass is 10.2. The van der Waals surface area contributed by atoms with Crippen LogP contribution in [-0.2, 0) is 19.6 Å². The molecule has 1 amide bonds. The average molecular weight is 362 g/mol. The Morgan fingerprint density at radius 2 is 1.80 bits per heavy atom. The van der Waals surface area contributed by atoms with Gasteiger partial charge in [-0.05, 0) is 43.8 Å². The van der Waals surface area contributed by atoms with Gasteiger partial charge in [-0.2, -0.15) is 0 Å². The molecule has 0 spiro atoms. The molecule has 2 N–H and O–H groups in total. The highest BCUT2D eigenvalue weighted by Crippen LogP contribution is 2.14. The summed E-state index contributed by atoms with van der Waals surface area (Å²) in [4.78, 5) is 23.8. The minimum Gasteiger partial charge on any atom is -0.452 e. The summed E-state index contributed by atoms with van der Waals surface area (Å²) in [7, 11) is -2.39. The number of anilines is 1. The number of para-hydroxylation sites is 1. The number of rotatable bonds is 6. The van der Waals surface area contributed by atoms with Crippen LogP contribution in [0.25, 0.3) is 0 Å². The molecule has 25 heavy (non-hydrogen) atoms. The number of ether oxygens (including phenoxy) is 1. The number of esters is 1. The lowest BCUT2D eigenvalue weighted by Crippen LogP contribution is -2.22. The molecular weight excluding hydrogens is 344 g/mol. The summed E-state index contributed by atoms with van der Waals surface area (Å²) in [5.74, 6) is -1.27. The van der Waals surface area contributed by atoms with Crippen LogP contribution >= 0.6 is 0 Å². The van der Waals surface area contributed by atoms with E-state index < -0.39 is 28.5 Å². The smallest absolute Gasteiger partial charge is 0.338 e. The van der Waals surface area contributed by atoms with Crippen LogP contribution in [0.15, 0.2) is 53.4 Å². The third-order valence-electron chi connectivity index (χ3n) is 3.40. The van der Waals surface area contributed by atoms with Gasteiger partial charge in [-0.1, -0.05) is 24.3 Å². The van der Waals surface area contributed by atoms with E-state index in [-0.39, 0.29) is 10.5 Å². The molecule has 0 saturated heterocycles. The lowest BCUT2D eigenvalue weighted by Gasteiger charge is -2.09. The van der Waals surface area contributed by atoms with Gasteiger partial charge < -0.3 is 10.1 Å². The van der Waals surface area contributed by atoms with Crippen LogP contribution in [0.1, 0.15) is 15.9 Å². The van der Waals surface area contributed by atoms with E-state index >= 15 is 0 Å². The molecule has 0 unspecified atom stereocenters. The van der Waals surface area contributed by atoms with Gasteiger partial charge in [0.05, 0.1) is 10.5 Å². The molecule has 0 aliphatic carbocycles. The van der Waals surface area contributed by atoms with Gasteiger partial charge in [0.2, 0.25) is 10.0 Å². The number of carbonyl (C=O) groups is 2. The molecule has 132 valence electrons. The zero-order valence-corrected chi connectivity index (χ0v) is 14.6. The Balaban J connectivity index is 2.00. The number of benzene rings is 2. The van der Waals surface area contributed by atoms with Gasteiger partial charge in [-0.25, -0.2) is 17.9 Å². The first-order chi connectivity index (χ1) is 11.8. The Kier molecular flexibility index (Phi) is 5.89. The summed E-state index contributed by atoms with van der Waals surface area (Å²) < 4.78 is 30.6. The highest BCUT2D eigenvalue weighted by molar-refractivity contribution is 7.89. The number of amides is 1. The van der Waals surface area contributed by atoms with Crippen molar-refractivity contribution in [3.05, 3.63) is 59.7 Å². The van der Waals surface area contributed by atoms with E-state index in [0.717, 1.165) is 5.56 Å². The van der Waals surface area contributed by atoms with Crippen LogP contribution in [0, 0.1) is 6.92 Å². The normalized spacial score (nSPS) is 11.0. The highest BCUT2D eigenvalue weighted by atomic mass is 32.2. The van der Waals surface area contributed by atoms with E-state index in [0.29, 0.717) is 5.69 Å². The predicted molar refractivity (Wildman–Crippen MR) is 92.8 cm³/mol. The Labute approximate surface area is 146 Å². The van der Waals surface area contributed by atoms with E-state index in [1.54, 1.807) is 12.1 Å². The Morgan fingerprint density at radius 3 is 2.48 bits per heavy atom. The summed E-state index contributed by atoms with van der Waals surface area (Å²) in [6.07, 6.45) is 0. The summed E-state index contributed by atoms with van der Waals surface area (Å²) in [5.41, 5.74) is 1.55. The molecule has 0 heterocycles. The fourth-order valence-corrected chi connectivity index (χ4v) is 2.80. The van der Waals surface area contributed by atoms with Gasteiger partial charge in [0.25, 0.3) is 5.91 Å². The van der Waals surface area contributed by atoms with Crippen molar-refractivity contribution in [2.45, 2.75) is 11.8 Å². The van der Waals surface area contributed by atoms with Crippen molar-refractivity contribution < 1.29 is 22.7 Å². The van der Waals surface area contributed by atoms with Crippen molar-refractivity contribution in [3.63, 3.8) is 0 Å². The molecule has 0 aliphatic rings. The summed E-state index contributed by atoms with van der Waals surface area (Å²) in [6, 6.07) is 12.6. The van der Waals surface area contributed by atoms with Crippen molar-refractivity contribution in [1.82, 2.24) is 4.72 Å². The number of hydrogen-bond acceptors (Lipinski definition) is 5. The minimum absolute atomic E-state index is 0.0417. The topological polar surface area (TPSA) is 102 Å². The molecule has 8 heteroatoms. The Hall–Kier alpha value is -2.71. The summed E-state index contributed by atoms with van der Waals surface area (Å²) in [5, 5.41) is 2.64. The first-order valence-corrected chi connectivity index (χ1v) is 8.88.